The molecule has 0 saturated carbocycles. The van der Waals surface area contributed by atoms with Crippen LogP contribution in [0.15, 0.2) is 0 Å². The van der Waals surface area contributed by atoms with Crippen molar-refractivity contribution < 1.29 is 16.9 Å². The fraction of sp³-hybridized carbons (Fsp3) is 1.00. The van der Waals surface area contributed by atoms with E-state index in [2.05, 4.69) is 36.7 Å². The summed E-state index contributed by atoms with van der Waals surface area (Å²) in [5, 5.41) is 1.17. The second-order valence-corrected chi connectivity index (χ2v) is 7.55. The summed E-state index contributed by atoms with van der Waals surface area (Å²) in [6.45, 7) is 12.6. The number of halogens is 2. The van der Waals surface area contributed by atoms with E-state index in [4.69, 9.17) is 0 Å². The van der Waals surface area contributed by atoms with Crippen LogP contribution in [0, 0.1) is 0 Å². The summed E-state index contributed by atoms with van der Waals surface area (Å²) >= 11 is 3.65. The Morgan fingerprint density at radius 2 is 0.909 bits per heavy atom. The van der Waals surface area contributed by atoms with Gasteiger partial charge in [0.1, 0.15) is 0 Å². The highest BCUT2D eigenvalue weighted by Crippen LogP contribution is 2.18. The summed E-state index contributed by atoms with van der Waals surface area (Å²) in [6.07, 6.45) is 15.4. The predicted molar refractivity (Wildman–Crippen MR) is 101 cm³/mol. The van der Waals surface area contributed by atoms with E-state index in [1.165, 1.54) is 107 Å². The minimum atomic E-state index is 0. The van der Waals surface area contributed by atoms with E-state index in [0.29, 0.717) is 0 Å². The first-order valence-electron chi connectivity index (χ1n) is 9.65. The zero-order valence-corrected chi connectivity index (χ0v) is 17.9. The van der Waals surface area contributed by atoms with Crippen LogP contribution < -0.4 is 12.4 Å². The minimum Gasteiger partial charge on any atom is -1.00 e. The van der Waals surface area contributed by atoms with E-state index in [9.17, 15) is 0 Å². The third kappa shape index (κ3) is 13.2. The Kier molecular flexibility index (Phi) is 20.5. The predicted octanol–water partition coefficient (Wildman–Crippen LogP) is 3.55. The van der Waals surface area contributed by atoms with Gasteiger partial charge in [-0.05, 0) is 38.5 Å². The number of quaternary nitrogens is 1. The van der Waals surface area contributed by atoms with Crippen molar-refractivity contribution in [1.82, 2.24) is 0 Å². The number of rotatable bonds is 16. The van der Waals surface area contributed by atoms with Gasteiger partial charge in [-0.25, -0.2) is 0 Å². The number of hydrogen-bond acceptors (Lipinski definition) is 0. The molecule has 0 fully saturated rings. The molecule has 0 N–H and O–H groups in total. The Bertz CT molecular complexity index is 202. The van der Waals surface area contributed by atoms with Crippen molar-refractivity contribution in [1.29, 1.82) is 0 Å². The SMILES string of the molecule is CCCCCC[N+](CCCBr)(CCCCC)CCCCC.[Cl-]. The number of nitrogens with zero attached hydrogens (tertiary/aromatic N) is 1. The molecule has 0 rings (SSSR count). The first-order chi connectivity index (χ1) is 10.2. The third-order valence-electron chi connectivity index (χ3n) is 4.72. The van der Waals surface area contributed by atoms with E-state index in [1.54, 1.807) is 0 Å². The maximum Gasteiger partial charge on any atom is 0.0794 e. The molecule has 3 heteroatoms. The van der Waals surface area contributed by atoms with Crippen molar-refractivity contribution in [3.63, 3.8) is 0 Å². The Balaban J connectivity index is 0. The number of unbranched alkanes of at least 4 members (excludes halogenated alkanes) is 7. The third-order valence-corrected chi connectivity index (χ3v) is 5.28. The lowest BCUT2D eigenvalue weighted by Crippen LogP contribution is -3.00. The number of alkyl halides is 1. The molecule has 0 aliphatic rings. The molecule has 0 aromatic rings. The molecule has 136 valence electrons. The van der Waals surface area contributed by atoms with Crippen molar-refractivity contribution in [2.45, 2.75) is 91.4 Å². The van der Waals surface area contributed by atoms with Crippen LogP contribution in [0.3, 0.4) is 0 Å². The highest BCUT2D eigenvalue weighted by atomic mass is 79.9. The Labute approximate surface area is 155 Å². The van der Waals surface area contributed by atoms with Crippen molar-refractivity contribution in [2.75, 3.05) is 31.5 Å². The topological polar surface area (TPSA) is 0 Å². The van der Waals surface area contributed by atoms with Crippen LogP contribution >= 0.6 is 15.9 Å². The Morgan fingerprint density at radius 3 is 1.32 bits per heavy atom. The van der Waals surface area contributed by atoms with E-state index in [1.807, 2.05) is 0 Å². The van der Waals surface area contributed by atoms with Crippen LogP contribution in [-0.4, -0.2) is 36.0 Å². The molecule has 0 spiro atoms. The van der Waals surface area contributed by atoms with Gasteiger partial charge in [-0.1, -0.05) is 62.4 Å². The second-order valence-electron chi connectivity index (χ2n) is 6.75. The summed E-state index contributed by atoms with van der Waals surface area (Å²) in [5.41, 5.74) is 0. The van der Waals surface area contributed by atoms with Crippen LogP contribution in [0.5, 0.6) is 0 Å². The molecule has 1 nitrogen and oxygen atoms in total. The highest BCUT2D eigenvalue weighted by molar-refractivity contribution is 9.09. The van der Waals surface area contributed by atoms with Gasteiger partial charge >= 0.3 is 0 Å². The molecule has 0 heterocycles. The average molecular weight is 399 g/mol. The van der Waals surface area contributed by atoms with Gasteiger partial charge in [-0.2, -0.15) is 0 Å². The van der Waals surface area contributed by atoms with Crippen molar-refractivity contribution in [2.24, 2.45) is 0 Å². The molecule has 0 bridgehead atoms. The maximum atomic E-state index is 3.65. The van der Waals surface area contributed by atoms with Gasteiger partial charge in [-0.15, -0.1) is 0 Å². The van der Waals surface area contributed by atoms with Crippen LogP contribution in [0.2, 0.25) is 0 Å². The van der Waals surface area contributed by atoms with Gasteiger partial charge < -0.3 is 16.9 Å². The fourth-order valence-corrected chi connectivity index (χ4v) is 3.59. The second kappa shape index (κ2) is 18.1. The molecule has 0 aromatic carbocycles. The van der Waals surface area contributed by atoms with Crippen molar-refractivity contribution >= 4 is 15.9 Å². The molecular weight excluding hydrogens is 358 g/mol. The lowest BCUT2D eigenvalue weighted by atomic mass is 10.1. The van der Waals surface area contributed by atoms with Gasteiger partial charge in [0.05, 0.1) is 26.2 Å². The molecule has 0 unspecified atom stereocenters. The molecular formula is C19H41BrClN. The molecule has 0 aromatic heterocycles. The lowest BCUT2D eigenvalue weighted by Gasteiger charge is -2.39. The van der Waals surface area contributed by atoms with Crippen molar-refractivity contribution in [3.05, 3.63) is 0 Å². The molecule has 0 saturated heterocycles. The van der Waals surface area contributed by atoms with Gasteiger partial charge in [0, 0.05) is 11.8 Å². The molecule has 0 radical (unpaired) electrons. The molecule has 0 amide bonds. The highest BCUT2D eigenvalue weighted by Gasteiger charge is 2.25. The normalized spacial score (nSPS) is 11.5. The summed E-state index contributed by atoms with van der Waals surface area (Å²) in [7, 11) is 0. The van der Waals surface area contributed by atoms with Crippen LogP contribution in [0.1, 0.15) is 91.4 Å². The lowest BCUT2D eigenvalue weighted by molar-refractivity contribution is -0.928. The Morgan fingerprint density at radius 1 is 0.545 bits per heavy atom. The zero-order valence-electron chi connectivity index (χ0n) is 15.5. The minimum absolute atomic E-state index is 0. The Hall–Kier alpha value is 0.730. The number of hydrogen-bond donors (Lipinski definition) is 0. The first kappa shape index (κ1) is 25.0. The fourth-order valence-electron chi connectivity index (χ4n) is 3.33. The van der Waals surface area contributed by atoms with Crippen molar-refractivity contribution in [3.8, 4) is 0 Å². The largest absolute Gasteiger partial charge is 1.00 e. The standard InChI is InChI=1S/C19H41BrN.ClH/c1-4-7-10-13-18-21(19-14-15-20,16-11-8-5-2)17-12-9-6-3;/h4-19H2,1-3H3;1H/q+1;/p-1. The van der Waals surface area contributed by atoms with Gasteiger partial charge in [0.15, 0.2) is 0 Å². The first-order valence-corrected chi connectivity index (χ1v) is 10.8. The van der Waals surface area contributed by atoms with Crippen LogP contribution in [0.4, 0.5) is 0 Å². The van der Waals surface area contributed by atoms with E-state index >= 15 is 0 Å². The zero-order chi connectivity index (χ0) is 15.8. The van der Waals surface area contributed by atoms with E-state index < -0.39 is 0 Å². The summed E-state index contributed by atoms with van der Waals surface area (Å²) in [6, 6.07) is 0. The summed E-state index contributed by atoms with van der Waals surface area (Å²) in [5.74, 6) is 0. The van der Waals surface area contributed by atoms with E-state index in [-0.39, 0.29) is 12.4 Å². The summed E-state index contributed by atoms with van der Waals surface area (Å²) in [4.78, 5) is 0. The monoisotopic (exact) mass is 397 g/mol. The molecule has 0 atom stereocenters. The average Bonchev–Trinajstić information content (AvgIpc) is 2.50. The molecule has 0 aliphatic carbocycles. The van der Waals surface area contributed by atoms with E-state index in [0.717, 1.165) is 0 Å². The van der Waals surface area contributed by atoms with Crippen LogP contribution in [0.25, 0.3) is 0 Å². The van der Waals surface area contributed by atoms with Gasteiger partial charge in [-0.3, -0.25) is 0 Å². The summed E-state index contributed by atoms with van der Waals surface area (Å²) < 4.78 is 1.41. The molecule has 0 aliphatic heterocycles. The van der Waals surface area contributed by atoms with Crippen LogP contribution in [-0.2, 0) is 0 Å². The quantitative estimate of drug-likeness (QED) is 0.212. The smallest absolute Gasteiger partial charge is 0.0794 e. The molecule has 22 heavy (non-hydrogen) atoms. The van der Waals surface area contributed by atoms with Gasteiger partial charge in [0.25, 0.3) is 0 Å². The van der Waals surface area contributed by atoms with Gasteiger partial charge in [0.2, 0.25) is 0 Å². The maximum absolute atomic E-state index is 3.65.